The molecule has 0 spiro atoms. The van der Waals surface area contributed by atoms with Crippen molar-refractivity contribution in [3.8, 4) is 22.4 Å². The van der Waals surface area contributed by atoms with Gasteiger partial charge in [0.2, 0.25) is 0 Å². The number of nitrogens with zero attached hydrogens (tertiary/aromatic N) is 3. The van der Waals surface area contributed by atoms with Crippen molar-refractivity contribution < 1.29 is 27.3 Å². The summed E-state index contributed by atoms with van der Waals surface area (Å²) in [4.78, 5) is 21.4. The van der Waals surface area contributed by atoms with Crippen LogP contribution in [0.1, 0.15) is 53.8 Å². The number of nitrogens with one attached hydrogen (secondary N) is 1. The molecular weight excluding hydrogens is 517 g/mol. The predicted molar refractivity (Wildman–Crippen MR) is 139 cm³/mol. The molecule has 0 saturated carbocycles. The molecule has 3 heterocycles. The molecule has 7 nitrogen and oxygen atoms in total. The molecule has 0 saturated heterocycles. The number of fused-ring (bicyclic) bond motifs is 1. The maximum Gasteiger partial charge on any atom is 0.405 e. The van der Waals surface area contributed by atoms with Gasteiger partial charge in [-0.15, -0.1) is 0 Å². The number of benzene rings is 1. The lowest BCUT2D eigenvalue weighted by atomic mass is 9.94. The quantitative estimate of drug-likeness (QED) is 0.381. The highest BCUT2D eigenvalue weighted by Gasteiger charge is 2.37. The minimum absolute atomic E-state index is 0.154. The van der Waals surface area contributed by atoms with Crippen LogP contribution in [0.4, 0.5) is 13.2 Å². The fourth-order valence-electron chi connectivity index (χ4n) is 4.53. The molecule has 0 aliphatic carbocycles. The van der Waals surface area contributed by atoms with E-state index in [0.29, 0.717) is 29.0 Å². The van der Waals surface area contributed by atoms with E-state index in [9.17, 15) is 27.3 Å². The molecule has 1 unspecified atom stereocenters. The highest BCUT2D eigenvalue weighted by Crippen LogP contribution is 2.43. The van der Waals surface area contributed by atoms with Gasteiger partial charge in [-0.05, 0) is 42.2 Å². The Kier molecular flexibility index (Phi) is 8.91. The number of aliphatic hydroxyl groups excluding tert-OH is 1. The summed E-state index contributed by atoms with van der Waals surface area (Å²) in [5.74, 6) is -0.496. The SMILES string of the molecule is CCCCS(=O)N1Cc2cc(C(=O)NCC(F)(F)F)nc(-c3cccc(-c4cccnc4)c3)c2[C@H]1CCO. The number of halogens is 3. The average Bonchev–Trinajstić information content (AvgIpc) is 3.28. The van der Waals surface area contributed by atoms with Crippen molar-refractivity contribution in [1.29, 1.82) is 0 Å². The zero-order valence-corrected chi connectivity index (χ0v) is 21.7. The van der Waals surface area contributed by atoms with Crippen LogP contribution in [0.25, 0.3) is 22.4 Å². The Hall–Kier alpha value is -3.15. The van der Waals surface area contributed by atoms with E-state index in [1.54, 1.807) is 16.7 Å². The van der Waals surface area contributed by atoms with Gasteiger partial charge in [0.1, 0.15) is 12.2 Å². The fraction of sp³-hybridized carbons (Fsp3) is 0.370. The molecule has 1 aliphatic heterocycles. The molecule has 3 aromatic rings. The number of carbonyl (C=O) groups is 1. The second-order valence-electron chi connectivity index (χ2n) is 9.03. The van der Waals surface area contributed by atoms with E-state index >= 15 is 0 Å². The van der Waals surface area contributed by atoms with E-state index in [0.717, 1.165) is 29.5 Å². The molecular formula is C27H29F3N4O3S. The third-order valence-electron chi connectivity index (χ3n) is 6.30. The number of hydrogen-bond donors (Lipinski definition) is 2. The first-order valence-corrected chi connectivity index (χ1v) is 13.6. The van der Waals surface area contributed by atoms with Gasteiger partial charge in [0.05, 0.1) is 22.7 Å². The highest BCUT2D eigenvalue weighted by molar-refractivity contribution is 7.82. The zero-order chi connectivity index (χ0) is 27.3. The first-order valence-electron chi connectivity index (χ1n) is 12.4. The summed E-state index contributed by atoms with van der Waals surface area (Å²) in [5, 5.41) is 11.7. The van der Waals surface area contributed by atoms with Crippen molar-refractivity contribution in [3.05, 3.63) is 71.7 Å². The lowest BCUT2D eigenvalue weighted by Crippen LogP contribution is -2.34. The maximum atomic E-state index is 13.2. The number of aromatic nitrogens is 2. The van der Waals surface area contributed by atoms with Crippen molar-refractivity contribution in [2.45, 2.75) is 44.9 Å². The number of carbonyl (C=O) groups excluding carboxylic acids is 1. The molecule has 2 atom stereocenters. The standard InChI is InChI=1S/C27H29F3N4O3S/c1-2-3-12-38(37)34-16-21-14-22(26(36)32-17-27(28,29)30)33-25(24(21)23(34)9-11-35)19-7-4-6-18(13-19)20-8-5-10-31-15-20/h4-8,10,13-15,23,35H,2-3,9,11-12,16-17H2,1H3,(H,32,36)/t23-,38?/m1/s1. The molecule has 11 heteroatoms. The number of unbranched alkanes of at least 4 members (excludes halogenated alkanes) is 1. The van der Waals surface area contributed by atoms with E-state index in [2.05, 4.69) is 9.97 Å². The van der Waals surface area contributed by atoms with Crippen molar-refractivity contribution in [2.24, 2.45) is 0 Å². The van der Waals surface area contributed by atoms with Crippen molar-refractivity contribution >= 4 is 16.9 Å². The second kappa shape index (κ2) is 12.1. The Balaban J connectivity index is 1.82. The smallest absolute Gasteiger partial charge is 0.396 e. The summed E-state index contributed by atoms with van der Waals surface area (Å²) in [6.45, 7) is 0.600. The van der Waals surface area contributed by atoms with Gasteiger partial charge in [0, 0.05) is 48.0 Å². The normalized spacial score (nSPS) is 16.3. The number of alkyl halides is 3. The predicted octanol–water partition coefficient (Wildman–Crippen LogP) is 4.81. The van der Waals surface area contributed by atoms with E-state index < -0.39 is 35.7 Å². The summed E-state index contributed by atoms with van der Waals surface area (Å²) in [6, 6.07) is 12.2. The molecule has 1 amide bonds. The molecule has 38 heavy (non-hydrogen) atoms. The summed E-state index contributed by atoms with van der Waals surface area (Å²) in [7, 11) is -1.35. The molecule has 2 aromatic heterocycles. The highest BCUT2D eigenvalue weighted by atomic mass is 32.2. The molecule has 0 radical (unpaired) electrons. The van der Waals surface area contributed by atoms with Crippen LogP contribution >= 0.6 is 0 Å². The van der Waals surface area contributed by atoms with Crippen LogP contribution in [-0.2, 0) is 17.5 Å². The molecule has 4 rings (SSSR count). The molecule has 0 fully saturated rings. The Bertz CT molecular complexity index is 1300. The van der Waals surface area contributed by atoms with Gasteiger partial charge in [-0.25, -0.2) is 13.5 Å². The minimum atomic E-state index is -4.56. The van der Waals surface area contributed by atoms with Crippen LogP contribution in [0, 0.1) is 0 Å². The van der Waals surface area contributed by atoms with Gasteiger partial charge in [-0.2, -0.15) is 13.2 Å². The van der Waals surface area contributed by atoms with Crippen LogP contribution in [-0.4, -0.2) is 54.6 Å². The van der Waals surface area contributed by atoms with E-state index in [-0.39, 0.29) is 18.8 Å². The topological polar surface area (TPSA) is 95.4 Å². The van der Waals surface area contributed by atoms with Gasteiger partial charge in [0.15, 0.2) is 0 Å². The summed E-state index contributed by atoms with van der Waals surface area (Å²) in [6.07, 6.45) is 0.736. The van der Waals surface area contributed by atoms with Crippen LogP contribution in [0.2, 0.25) is 0 Å². The van der Waals surface area contributed by atoms with Gasteiger partial charge in [-0.3, -0.25) is 9.78 Å². The summed E-state index contributed by atoms with van der Waals surface area (Å²) in [5.41, 5.74) is 3.99. The Morgan fingerprint density at radius 1 is 1.18 bits per heavy atom. The summed E-state index contributed by atoms with van der Waals surface area (Å²) >= 11 is 0. The van der Waals surface area contributed by atoms with E-state index in [1.165, 1.54) is 6.07 Å². The minimum Gasteiger partial charge on any atom is -0.396 e. The molecule has 2 N–H and O–H groups in total. The van der Waals surface area contributed by atoms with Gasteiger partial charge >= 0.3 is 6.18 Å². The summed E-state index contributed by atoms with van der Waals surface area (Å²) < 4.78 is 53.3. The first-order chi connectivity index (χ1) is 18.2. The number of aliphatic hydroxyl groups is 1. The van der Waals surface area contributed by atoms with Gasteiger partial charge < -0.3 is 10.4 Å². The fourth-order valence-corrected chi connectivity index (χ4v) is 6.08. The third-order valence-corrected chi connectivity index (χ3v) is 7.85. The molecule has 1 aromatic carbocycles. The van der Waals surface area contributed by atoms with Crippen LogP contribution < -0.4 is 5.32 Å². The van der Waals surface area contributed by atoms with E-state index in [1.807, 2.05) is 48.6 Å². The van der Waals surface area contributed by atoms with Crippen LogP contribution in [0.5, 0.6) is 0 Å². The third kappa shape index (κ3) is 6.46. The number of hydrogen-bond acceptors (Lipinski definition) is 5. The van der Waals surface area contributed by atoms with Gasteiger partial charge in [-0.1, -0.05) is 37.6 Å². The molecule has 202 valence electrons. The Morgan fingerprint density at radius 2 is 1.95 bits per heavy atom. The number of rotatable bonds is 10. The first kappa shape index (κ1) is 27.9. The molecule has 1 aliphatic rings. The Morgan fingerprint density at radius 3 is 2.63 bits per heavy atom. The number of amides is 1. The lowest BCUT2D eigenvalue weighted by Gasteiger charge is -2.24. The molecule has 0 bridgehead atoms. The monoisotopic (exact) mass is 546 g/mol. The lowest BCUT2D eigenvalue weighted by molar-refractivity contribution is -0.123. The van der Waals surface area contributed by atoms with Gasteiger partial charge in [0.25, 0.3) is 5.91 Å². The average molecular weight is 547 g/mol. The van der Waals surface area contributed by atoms with Crippen LogP contribution in [0.3, 0.4) is 0 Å². The van der Waals surface area contributed by atoms with Crippen molar-refractivity contribution in [2.75, 3.05) is 18.9 Å². The number of pyridine rings is 2. The van der Waals surface area contributed by atoms with Crippen molar-refractivity contribution in [1.82, 2.24) is 19.6 Å². The van der Waals surface area contributed by atoms with Crippen LogP contribution in [0.15, 0.2) is 54.9 Å². The second-order valence-corrected chi connectivity index (χ2v) is 10.6. The maximum absolute atomic E-state index is 13.2. The van der Waals surface area contributed by atoms with Crippen molar-refractivity contribution in [3.63, 3.8) is 0 Å². The van der Waals surface area contributed by atoms with E-state index in [4.69, 9.17) is 0 Å². The zero-order valence-electron chi connectivity index (χ0n) is 20.9. The largest absolute Gasteiger partial charge is 0.405 e. The Labute approximate surface area is 221 Å².